The molecule has 18 heavy (non-hydrogen) atoms. The van der Waals surface area contributed by atoms with Crippen molar-refractivity contribution in [2.45, 2.75) is 57.5 Å². The van der Waals surface area contributed by atoms with Crippen LogP contribution in [0.1, 0.15) is 57.4 Å². The molecule has 1 aromatic rings. The first-order chi connectivity index (χ1) is 8.58. The van der Waals surface area contributed by atoms with Crippen molar-refractivity contribution in [2.24, 2.45) is 5.92 Å². The Balaban J connectivity index is 1.94. The van der Waals surface area contributed by atoms with Crippen LogP contribution in [0.5, 0.6) is 0 Å². The number of hydrogen-bond donors (Lipinski definition) is 1. The van der Waals surface area contributed by atoms with Crippen molar-refractivity contribution >= 4 is 15.9 Å². The van der Waals surface area contributed by atoms with Crippen LogP contribution in [0, 0.1) is 5.92 Å². The van der Waals surface area contributed by atoms with Gasteiger partial charge < -0.3 is 5.11 Å². The fraction of sp³-hybridized carbons (Fsp3) is 0.625. The van der Waals surface area contributed by atoms with Gasteiger partial charge in [0.2, 0.25) is 0 Å². The molecule has 1 unspecified atom stereocenters. The monoisotopic (exact) mass is 310 g/mol. The molecule has 0 heterocycles. The first kappa shape index (κ1) is 14.1. The van der Waals surface area contributed by atoms with E-state index in [1.807, 2.05) is 31.2 Å². The molecule has 1 aliphatic rings. The van der Waals surface area contributed by atoms with Gasteiger partial charge in [0.05, 0.1) is 5.60 Å². The van der Waals surface area contributed by atoms with Crippen molar-refractivity contribution in [3.05, 3.63) is 34.3 Å². The van der Waals surface area contributed by atoms with E-state index in [1.54, 1.807) is 0 Å². The van der Waals surface area contributed by atoms with Crippen LogP contribution in [0.3, 0.4) is 0 Å². The lowest BCUT2D eigenvalue weighted by Gasteiger charge is -2.28. The highest BCUT2D eigenvalue weighted by Gasteiger charge is 2.25. The zero-order valence-electron chi connectivity index (χ0n) is 11.2. The second kappa shape index (κ2) is 6.21. The van der Waals surface area contributed by atoms with Crippen LogP contribution in [0.4, 0.5) is 0 Å². The smallest absolute Gasteiger partial charge is 0.0869 e. The van der Waals surface area contributed by atoms with Crippen LogP contribution < -0.4 is 0 Å². The summed E-state index contributed by atoms with van der Waals surface area (Å²) in [6, 6.07) is 8.04. The van der Waals surface area contributed by atoms with Crippen LogP contribution in [0.2, 0.25) is 0 Å². The van der Waals surface area contributed by atoms with Gasteiger partial charge in [-0.1, -0.05) is 60.2 Å². The van der Waals surface area contributed by atoms with Gasteiger partial charge in [-0.05, 0) is 43.4 Å². The van der Waals surface area contributed by atoms with E-state index in [0.717, 1.165) is 28.8 Å². The van der Waals surface area contributed by atoms with E-state index < -0.39 is 5.60 Å². The molecule has 1 aliphatic carbocycles. The molecular formula is C16H23BrO. The van der Waals surface area contributed by atoms with Gasteiger partial charge in [0.15, 0.2) is 0 Å². The van der Waals surface area contributed by atoms with Gasteiger partial charge in [-0.2, -0.15) is 0 Å². The van der Waals surface area contributed by atoms with Gasteiger partial charge in [-0.3, -0.25) is 0 Å². The Hall–Kier alpha value is -0.340. The van der Waals surface area contributed by atoms with Gasteiger partial charge in [0.25, 0.3) is 0 Å². The Kier molecular flexibility index (Phi) is 4.85. The molecule has 0 bridgehead atoms. The molecule has 1 nitrogen and oxygen atoms in total. The lowest BCUT2D eigenvalue weighted by atomic mass is 9.81. The topological polar surface area (TPSA) is 20.2 Å². The van der Waals surface area contributed by atoms with Crippen molar-refractivity contribution in [1.82, 2.24) is 0 Å². The van der Waals surface area contributed by atoms with Crippen molar-refractivity contribution in [1.29, 1.82) is 0 Å². The third-order valence-electron chi connectivity index (χ3n) is 4.21. The van der Waals surface area contributed by atoms with E-state index in [-0.39, 0.29) is 0 Å². The summed E-state index contributed by atoms with van der Waals surface area (Å²) in [4.78, 5) is 0. The average molecular weight is 311 g/mol. The van der Waals surface area contributed by atoms with Crippen LogP contribution >= 0.6 is 15.9 Å². The lowest BCUT2D eigenvalue weighted by molar-refractivity contribution is 0.0386. The Bertz CT molecular complexity index is 380. The highest BCUT2D eigenvalue weighted by molar-refractivity contribution is 9.10. The van der Waals surface area contributed by atoms with Crippen molar-refractivity contribution in [3.63, 3.8) is 0 Å². The molecule has 0 aromatic heterocycles. The second-order valence-electron chi connectivity index (χ2n) is 5.83. The normalized spacial score (nSPS) is 20.6. The largest absolute Gasteiger partial charge is 0.385 e. The molecule has 1 aromatic carbocycles. The molecule has 0 radical (unpaired) electrons. The maximum absolute atomic E-state index is 10.6. The summed E-state index contributed by atoms with van der Waals surface area (Å²) in [6.45, 7) is 1.94. The summed E-state index contributed by atoms with van der Waals surface area (Å²) < 4.78 is 1.04. The number of aliphatic hydroxyl groups is 1. The van der Waals surface area contributed by atoms with Crippen LogP contribution in [0.15, 0.2) is 28.7 Å². The number of hydrogen-bond acceptors (Lipinski definition) is 1. The molecule has 0 spiro atoms. The zero-order chi connectivity index (χ0) is 13.0. The molecule has 1 N–H and O–H groups in total. The summed E-state index contributed by atoms with van der Waals surface area (Å²) in [5.41, 5.74) is 0.328. The first-order valence-corrected chi connectivity index (χ1v) is 7.86. The Morgan fingerprint density at radius 1 is 1.28 bits per heavy atom. The van der Waals surface area contributed by atoms with E-state index in [2.05, 4.69) is 15.9 Å². The SMILES string of the molecule is CC(O)(CCC1CCCCC1)c1cccc(Br)c1. The predicted octanol–water partition coefficient (Wildman–Crippen LogP) is 5.02. The first-order valence-electron chi connectivity index (χ1n) is 7.06. The van der Waals surface area contributed by atoms with Gasteiger partial charge in [-0.15, -0.1) is 0 Å². The zero-order valence-corrected chi connectivity index (χ0v) is 12.7. The quantitative estimate of drug-likeness (QED) is 0.828. The number of rotatable bonds is 4. The highest BCUT2D eigenvalue weighted by atomic mass is 79.9. The van der Waals surface area contributed by atoms with E-state index in [1.165, 1.54) is 32.1 Å². The number of benzene rings is 1. The van der Waals surface area contributed by atoms with Crippen molar-refractivity contribution in [3.8, 4) is 0 Å². The molecular weight excluding hydrogens is 288 g/mol. The van der Waals surface area contributed by atoms with E-state index in [9.17, 15) is 5.11 Å². The summed E-state index contributed by atoms with van der Waals surface area (Å²) in [5, 5.41) is 10.6. The third kappa shape index (κ3) is 3.83. The van der Waals surface area contributed by atoms with Crippen molar-refractivity contribution in [2.75, 3.05) is 0 Å². The third-order valence-corrected chi connectivity index (χ3v) is 4.70. The van der Waals surface area contributed by atoms with E-state index in [4.69, 9.17) is 0 Å². The van der Waals surface area contributed by atoms with E-state index >= 15 is 0 Å². The minimum absolute atomic E-state index is 0.693. The van der Waals surface area contributed by atoms with Crippen LogP contribution in [0.25, 0.3) is 0 Å². The molecule has 0 aliphatic heterocycles. The van der Waals surface area contributed by atoms with Gasteiger partial charge in [-0.25, -0.2) is 0 Å². The molecule has 100 valence electrons. The minimum Gasteiger partial charge on any atom is -0.385 e. The van der Waals surface area contributed by atoms with E-state index in [0.29, 0.717) is 0 Å². The molecule has 0 saturated heterocycles. The predicted molar refractivity (Wildman–Crippen MR) is 79.5 cm³/mol. The van der Waals surface area contributed by atoms with Crippen LogP contribution in [-0.2, 0) is 5.60 Å². The maximum Gasteiger partial charge on any atom is 0.0869 e. The Labute approximate surface area is 119 Å². The lowest BCUT2D eigenvalue weighted by Crippen LogP contribution is -2.22. The van der Waals surface area contributed by atoms with Gasteiger partial charge >= 0.3 is 0 Å². The minimum atomic E-state index is -0.693. The summed E-state index contributed by atoms with van der Waals surface area (Å²) in [7, 11) is 0. The summed E-state index contributed by atoms with van der Waals surface area (Å²) in [5.74, 6) is 0.831. The van der Waals surface area contributed by atoms with Crippen molar-refractivity contribution < 1.29 is 5.11 Å². The standard InChI is InChI=1S/C16H23BrO/c1-16(18,14-8-5-9-15(17)12-14)11-10-13-6-3-2-4-7-13/h5,8-9,12-13,18H,2-4,6-7,10-11H2,1H3. The Morgan fingerprint density at radius 2 is 2.00 bits per heavy atom. The summed E-state index contributed by atoms with van der Waals surface area (Å²) in [6.07, 6.45) is 8.89. The fourth-order valence-electron chi connectivity index (χ4n) is 2.93. The number of halogens is 1. The van der Waals surface area contributed by atoms with Gasteiger partial charge in [0.1, 0.15) is 0 Å². The molecule has 0 amide bonds. The summed E-state index contributed by atoms with van der Waals surface area (Å²) >= 11 is 3.47. The molecule has 1 atom stereocenters. The second-order valence-corrected chi connectivity index (χ2v) is 6.74. The molecule has 1 fully saturated rings. The highest BCUT2D eigenvalue weighted by Crippen LogP contribution is 2.33. The fourth-order valence-corrected chi connectivity index (χ4v) is 3.33. The molecule has 2 heteroatoms. The Morgan fingerprint density at radius 3 is 2.67 bits per heavy atom. The molecule has 1 saturated carbocycles. The maximum atomic E-state index is 10.6. The van der Waals surface area contributed by atoms with Gasteiger partial charge in [0, 0.05) is 4.47 Å². The van der Waals surface area contributed by atoms with Crippen LogP contribution in [-0.4, -0.2) is 5.11 Å². The average Bonchev–Trinajstić information content (AvgIpc) is 2.38. The molecule has 2 rings (SSSR count).